The fourth-order valence-electron chi connectivity index (χ4n) is 3.53. The standard InChI is InChI=1S/C22H17NO3/c24-21(23-13-14-6-2-1-3-7-14)17-10-4-8-15-12-16-9-5-11-18(22(25)26)20(16)19(15)17/h1-11H,12-13H2,(H,23,24)(H,25,26). The number of nitrogens with one attached hydrogen (secondary N) is 1. The third kappa shape index (κ3) is 2.75. The van der Waals surface area contributed by atoms with Gasteiger partial charge in [-0.2, -0.15) is 0 Å². The molecule has 2 N–H and O–H groups in total. The van der Waals surface area contributed by atoms with E-state index >= 15 is 0 Å². The zero-order valence-electron chi connectivity index (χ0n) is 14.0. The molecule has 0 saturated heterocycles. The van der Waals surface area contributed by atoms with Crippen LogP contribution in [0.25, 0.3) is 11.1 Å². The zero-order valence-corrected chi connectivity index (χ0v) is 14.0. The zero-order chi connectivity index (χ0) is 18.1. The highest BCUT2D eigenvalue weighted by Crippen LogP contribution is 2.41. The molecule has 3 aromatic carbocycles. The summed E-state index contributed by atoms with van der Waals surface area (Å²) in [5.41, 5.74) is 5.12. The first kappa shape index (κ1) is 16.1. The van der Waals surface area contributed by atoms with Crippen LogP contribution in [0.2, 0.25) is 0 Å². The van der Waals surface area contributed by atoms with Crippen molar-refractivity contribution in [3.63, 3.8) is 0 Å². The van der Waals surface area contributed by atoms with Crippen molar-refractivity contribution in [2.75, 3.05) is 0 Å². The number of benzene rings is 3. The molecule has 0 fully saturated rings. The Bertz CT molecular complexity index is 1010. The molecule has 26 heavy (non-hydrogen) atoms. The van der Waals surface area contributed by atoms with E-state index in [1.807, 2.05) is 48.5 Å². The number of fused-ring (bicyclic) bond motifs is 3. The average molecular weight is 343 g/mol. The van der Waals surface area contributed by atoms with Gasteiger partial charge in [-0.25, -0.2) is 4.79 Å². The highest BCUT2D eigenvalue weighted by atomic mass is 16.4. The Kier molecular flexibility index (Phi) is 4.01. The second kappa shape index (κ2) is 6.48. The van der Waals surface area contributed by atoms with Crippen molar-refractivity contribution in [1.82, 2.24) is 5.32 Å². The van der Waals surface area contributed by atoms with Gasteiger partial charge in [0.25, 0.3) is 5.91 Å². The van der Waals surface area contributed by atoms with Crippen LogP contribution in [-0.2, 0) is 13.0 Å². The Morgan fingerprint density at radius 1 is 0.808 bits per heavy atom. The van der Waals surface area contributed by atoms with Gasteiger partial charge in [0.1, 0.15) is 0 Å². The molecule has 0 spiro atoms. The molecule has 0 heterocycles. The first-order valence-electron chi connectivity index (χ1n) is 8.44. The van der Waals surface area contributed by atoms with Gasteiger partial charge in [0.2, 0.25) is 0 Å². The third-order valence-corrected chi connectivity index (χ3v) is 4.70. The number of hydrogen-bond donors (Lipinski definition) is 2. The largest absolute Gasteiger partial charge is 0.478 e. The van der Waals surface area contributed by atoms with Gasteiger partial charge in [-0.3, -0.25) is 4.79 Å². The maximum Gasteiger partial charge on any atom is 0.336 e. The van der Waals surface area contributed by atoms with Crippen LogP contribution in [0.3, 0.4) is 0 Å². The van der Waals surface area contributed by atoms with Crippen LogP contribution in [0.5, 0.6) is 0 Å². The van der Waals surface area contributed by atoms with E-state index < -0.39 is 5.97 Å². The quantitative estimate of drug-likeness (QED) is 0.591. The first-order chi connectivity index (χ1) is 12.6. The van der Waals surface area contributed by atoms with E-state index in [9.17, 15) is 14.7 Å². The van der Waals surface area contributed by atoms with Crippen molar-refractivity contribution >= 4 is 11.9 Å². The van der Waals surface area contributed by atoms with Gasteiger partial charge in [-0.15, -0.1) is 0 Å². The van der Waals surface area contributed by atoms with Crippen molar-refractivity contribution in [2.45, 2.75) is 13.0 Å². The van der Waals surface area contributed by atoms with E-state index in [-0.39, 0.29) is 11.5 Å². The van der Waals surface area contributed by atoms with Crippen molar-refractivity contribution in [1.29, 1.82) is 0 Å². The Morgan fingerprint density at radius 3 is 2.08 bits per heavy atom. The molecule has 4 nitrogen and oxygen atoms in total. The van der Waals surface area contributed by atoms with Crippen molar-refractivity contribution in [3.8, 4) is 11.1 Å². The molecule has 0 radical (unpaired) electrons. The minimum atomic E-state index is -0.978. The number of aromatic carboxylic acids is 1. The molecule has 0 atom stereocenters. The van der Waals surface area contributed by atoms with Crippen molar-refractivity contribution in [3.05, 3.63) is 94.5 Å². The van der Waals surface area contributed by atoms with Crippen LogP contribution in [-0.4, -0.2) is 17.0 Å². The van der Waals surface area contributed by atoms with E-state index in [1.54, 1.807) is 18.2 Å². The molecule has 0 bridgehead atoms. The van der Waals surface area contributed by atoms with Crippen LogP contribution in [0.1, 0.15) is 37.4 Å². The predicted octanol–water partition coefficient (Wildman–Crippen LogP) is 3.89. The summed E-state index contributed by atoms with van der Waals surface area (Å²) in [7, 11) is 0. The average Bonchev–Trinajstić information content (AvgIpc) is 3.05. The minimum Gasteiger partial charge on any atom is -0.478 e. The fourth-order valence-corrected chi connectivity index (χ4v) is 3.53. The van der Waals surface area contributed by atoms with Gasteiger partial charge in [-0.05, 0) is 40.8 Å². The van der Waals surface area contributed by atoms with Crippen LogP contribution in [0.15, 0.2) is 66.7 Å². The summed E-state index contributed by atoms with van der Waals surface area (Å²) >= 11 is 0. The lowest BCUT2D eigenvalue weighted by Crippen LogP contribution is -2.23. The predicted molar refractivity (Wildman–Crippen MR) is 99.3 cm³/mol. The number of carboxylic acids is 1. The normalized spacial score (nSPS) is 11.5. The topological polar surface area (TPSA) is 66.4 Å². The molecule has 0 aliphatic heterocycles. The lowest BCUT2D eigenvalue weighted by Gasteiger charge is -2.12. The summed E-state index contributed by atoms with van der Waals surface area (Å²) < 4.78 is 0. The summed E-state index contributed by atoms with van der Waals surface area (Å²) in [4.78, 5) is 24.5. The van der Waals surface area contributed by atoms with E-state index in [2.05, 4.69) is 5.32 Å². The van der Waals surface area contributed by atoms with Gasteiger partial charge < -0.3 is 10.4 Å². The summed E-state index contributed by atoms with van der Waals surface area (Å²) in [5, 5.41) is 12.5. The summed E-state index contributed by atoms with van der Waals surface area (Å²) in [5.74, 6) is -1.17. The summed E-state index contributed by atoms with van der Waals surface area (Å²) in [6.45, 7) is 0.427. The van der Waals surface area contributed by atoms with Crippen molar-refractivity contribution in [2.24, 2.45) is 0 Å². The van der Waals surface area contributed by atoms with E-state index in [0.717, 1.165) is 22.3 Å². The fraction of sp³-hybridized carbons (Fsp3) is 0.0909. The number of hydrogen-bond acceptors (Lipinski definition) is 2. The Hall–Kier alpha value is -3.40. The SMILES string of the molecule is O=C(O)c1cccc2c1-c1c(cccc1C(=O)NCc1ccccc1)C2. The Balaban J connectivity index is 1.72. The smallest absolute Gasteiger partial charge is 0.336 e. The molecule has 3 aromatic rings. The third-order valence-electron chi connectivity index (χ3n) is 4.70. The first-order valence-corrected chi connectivity index (χ1v) is 8.44. The highest BCUT2D eigenvalue weighted by molar-refractivity contribution is 6.07. The Morgan fingerprint density at radius 2 is 1.42 bits per heavy atom. The van der Waals surface area contributed by atoms with Gasteiger partial charge >= 0.3 is 5.97 Å². The second-order valence-electron chi connectivity index (χ2n) is 6.33. The van der Waals surface area contributed by atoms with Gasteiger partial charge in [0.15, 0.2) is 0 Å². The molecule has 0 unspecified atom stereocenters. The van der Waals surface area contributed by atoms with E-state index in [0.29, 0.717) is 24.1 Å². The molecule has 0 saturated carbocycles. The van der Waals surface area contributed by atoms with Crippen LogP contribution in [0, 0.1) is 0 Å². The molecule has 128 valence electrons. The number of carbonyl (C=O) groups excluding carboxylic acids is 1. The van der Waals surface area contributed by atoms with Gasteiger partial charge in [0.05, 0.1) is 5.56 Å². The molecule has 1 aliphatic carbocycles. The summed E-state index contributed by atoms with van der Waals surface area (Å²) in [6, 6.07) is 20.5. The maximum atomic E-state index is 12.8. The number of carbonyl (C=O) groups is 2. The molecular weight excluding hydrogens is 326 g/mol. The van der Waals surface area contributed by atoms with E-state index in [1.165, 1.54) is 0 Å². The number of rotatable bonds is 4. The maximum absolute atomic E-state index is 12.8. The minimum absolute atomic E-state index is 0.196. The molecule has 1 aliphatic rings. The number of amides is 1. The molecule has 1 amide bonds. The van der Waals surface area contributed by atoms with Gasteiger partial charge in [0, 0.05) is 17.7 Å². The molecular formula is C22H17NO3. The van der Waals surface area contributed by atoms with Crippen LogP contribution in [0.4, 0.5) is 0 Å². The summed E-state index contributed by atoms with van der Waals surface area (Å²) in [6.07, 6.45) is 0.644. The van der Waals surface area contributed by atoms with Crippen LogP contribution >= 0.6 is 0 Å². The van der Waals surface area contributed by atoms with Gasteiger partial charge in [-0.1, -0.05) is 54.6 Å². The lowest BCUT2D eigenvalue weighted by atomic mass is 9.95. The molecule has 4 rings (SSSR count). The molecule has 0 aromatic heterocycles. The van der Waals surface area contributed by atoms with Crippen molar-refractivity contribution < 1.29 is 14.7 Å². The van der Waals surface area contributed by atoms with Crippen LogP contribution < -0.4 is 5.32 Å². The van der Waals surface area contributed by atoms with E-state index in [4.69, 9.17) is 0 Å². The number of carboxylic acid groups (broad SMARTS) is 1. The Labute approximate surface area is 151 Å². The lowest BCUT2D eigenvalue weighted by molar-refractivity contribution is 0.0697. The molecule has 4 heteroatoms. The monoisotopic (exact) mass is 343 g/mol. The second-order valence-corrected chi connectivity index (χ2v) is 6.33. The highest BCUT2D eigenvalue weighted by Gasteiger charge is 2.28.